The average molecular weight is 290 g/mol. The van der Waals surface area contributed by atoms with E-state index >= 15 is 0 Å². The smallest absolute Gasteiger partial charge is 0.367 e. The van der Waals surface area contributed by atoms with Crippen LogP contribution in [0.2, 0.25) is 0 Å². The van der Waals surface area contributed by atoms with E-state index in [1.54, 1.807) is 0 Å². The Kier molecular flexibility index (Phi) is 4.71. The lowest BCUT2D eigenvalue weighted by Crippen LogP contribution is -2.26. The topological polar surface area (TPSA) is 22.0 Å². The zero-order valence-corrected chi connectivity index (χ0v) is 14.3. The van der Waals surface area contributed by atoms with Gasteiger partial charge in [0.25, 0.3) is 0 Å². The summed E-state index contributed by atoms with van der Waals surface area (Å²) in [6.07, 6.45) is 3.62. The Labute approximate surface area is 125 Å². The van der Waals surface area contributed by atoms with E-state index in [0.29, 0.717) is 12.0 Å². The Morgan fingerprint density at radius 2 is 1.85 bits per heavy atom. The van der Waals surface area contributed by atoms with Gasteiger partial charge in [-0.3, -0.25) is 0 Å². The lowest BCUT2D eigenvalue weighted by atomic mass is 9.86. The van der Waals surface area contributed by atoms with Crippen LogP contribution in [0.5, 0.6) is 0 Å². The predicted octanol–water partition coefficient (Wildman–Crippen LogP) is 3.56. The zero-order valence-electron chi connectivity index (χ0n) is 13.2. The van der Waals surface area contributed by atoms with Crippen LogP contribution in [-0.2, 0) is 9.84 Å². The summed E-state index contributed by atoms with van der Waals surface area (Å²) in [4.78, 5) is 0. The number of aliphatic hydroxyl groups is 1. The van der Waals surface area contributed by atoms with E-state index in [0.717, 1.165) is 12.2 Å². The molecule has 0 amide bonds. The maximum absolute atomic E-state index is 5.78. The fourth-order valence-corrected chi connectivity index (χ4v) is 3.09. The molecule has 20 heavy (non-hydrogen) atoms. The summed E-state index contributed by atoms with van der Waals surface area (Å²) in [5, 5.41) is 0. The average Bonchev–Trinajstić information content (AvgIpc) is 2.37. The molecular formula is C17H26O2Si. The Balaban J connectivity index is 2.16. The molecule has 1 N–H and O–H groups in total. The van der Waals surface area contributed by atoms with Gasteiger partial charge in [-0.2, -0.15) is 0 Å². The van der Waals surface area contributed by atoms with E-state index in [9.17, 15) is 0 Å². The van der Waals surface area contributed by atoms with Gasteiger partial charge in [0.2, 0.25) is 0 Å². The zero-order chi connectivity index (χ0) is 14.8. The molecule has 0 aromatic heterocycles. The second-order valence-electron chi connectivity index (χ2n) is 6.93. The van der Waals surface area contributed by atoms with Crippen LogP contribution in [0.4, 0.5) is 0 Å². The van der Waals surface area contributed by atoms with Gasteiger partial charge in [-0.1, -0.05) is 58.9 Å². The highest BCUT2D eigenvalue weighted by atomic mass is 28.3. The molecule has 3 heteroatoms. The molecule has 110 valence electrons. The van der Waals surface area contributed by atoms with Crippen molar-refractivity contribution in [1.82, 2.24) is 0 Å². The van der Waals surface area contributed by atoms with Gasteiger partial charge >= 0.3 is 10.0 Å². The van der Waals surface area contributed by atoms with Crippen LogP contribution < -0.4 is 0 Å². The van der Waals surface area contributed by atoms with Crippen molar-refractivity contribution in [3.63, 3.8) is 0 Å². The molecule has 1 aromatic carbocycles. The molecule has 0 saturated carbocycles. The summed E-state index contributed by atoms with van der Waals surface area (Å²) in [5.74, 6) is 1.68. The summed E-state index contributed by atoms with van der Waals surface area (Å²) in [7, 11) is -0.262. The van der Waals surface area contributed by atoms with E-state index in [2.05, 4.69) is 69.4 Å². The fraction of sp³-hybridized carbons (Fsp3) is 0.529. The van der Waals surface area contributed by atoms with Gasteiger partial charge < -0.3 is 8.85 Å². The van der Waals surface area contributed by atoms with Gasteiger partial charge in [0.05, 0.1) is 5.76 Å². The third-order valence-electron chi connectivity index (χ3n) is 3.52. The predicted molar refractivity (Wildman–Crippen MR) is 86.8 cm³/mol. The second kappa shape index (κ2) is 6.14. The van der Waals surface area contributed by atoms with Crippen LogP contribution in [-0.4, -0.2) is 20.5 Å². The Morgan fingerprint density at radius 3 is 2.40 bits per heavy atom. The first kappa shape index (κ1) is 15.3. The first-order chi connectivity index (χ1) is 9.36. The largest absolute Gasteiger partial charge is 0.648 e. The molecule has 1 aliphatic rings. The third-order valence-corrected chi connectivity index (χ3v) is 4.39. The van der Waals surface area contributed by atoms with Crippen LogP contribution in [0.15, 0.2) is 30.3 Å². The van der Waals surface area contributed by atoms with Gasteiger partial charge in [0, 0.05) is 18.1 Å². The fourth-order valence-electron chi connectivity index (χ4n) is 2.33. The monoisotopic (exact) mass is 290 g/mol. The highest BCUT2D eigenvalue weighted by molar-refractivity contribution is 6.20. The van der Waals surface area contributed by atoms with Crippen LogP contribution in [0.1, 0.15) is 52.2 Å². The number of benzene rings is 1. The number of rotatable bonds is 3. The summed E-state index contributed by atoms with van der Waals surface area (Å²) >= 11 is 0. The van der Waals surface area contributed by atoms with Crippen molar-refractivity contribution < 1.29 is 8.85 Å². The van der Waals surface area contributed by atoms with Crippen LogP contribution in [0.3, 0.4) is 0 Å². The van der Waals surface area contributed by atoms with Gasteiger partial charge in [0.1, 0.15) is 6.10 Å². The molecule has 2 nitrogen and oxygen atoms in total. The number of hydrogen-bond acceptors (Lipinski definition) is 1. The van der Waals surface area contributed by atoms with Crippen molar-refractivity contribution in [1.29, 1.82) is 0 Å². The summed E-state index contributed by atoms with van der Waals surface area (Å²) in [6, 6.07) is 8.75. The molecule has 0 fully saturated rings. The lowest BCUT2D eigenvalue weighted by Gasteiger charge is -2.29. The van der Waals surface area contributed by atoms with E-state index in [1.165, 1.54) is 11.1 Å². The molecule has 0 aliphatic carbocycles. The Bertz CT molecular complexity index is 469. The Morgan fingerprint density at radius 1 is 1.20 bits per heavy atom. The molecule has 0 saturated heterocycles. The highest BCUT2D eigenvalue weighted by Gasteiger charge is 2.18. The molecular weight excluding hydrogens is 264 g/mol. The van der Waals surface area contributed by atoms with Gasteiger partial charge in [-0.25, -0.2) is 0 Å². The molecule has 1 unspecified atom stereocenters. The van der Waals surface area contributed by atoms with Gasteiger partial charge in [-0.15, -0.1) is 0 Å². The summed E-state index contributed by atoms with van der Waals surface area (Å²) < 4.78 is 10.4. The van der Waals surface area contributed by atoms with Crippen molar-refractivity contribution in [2.24, 2.45) is 5.92 Å². The van der Waals surface area contributed by atoms with Crippen molar-refractivity contribution in [2.75, 3.05) is 0 Å². The van der Waals surface area contributed by atoms with Crippen molar-refractivity contribution in [3.05, 3.63) is 41.5 Å². The van der Waals surface area contributed by atoms with E-state index in [-0.39, 0.29) is 15.4 Å². The van der Waals surface area contributed by atoms with Gasteiger partial charge in [-0.05, 0) is 16.9 Å². The molecule has 2 rings (SSSR count). The van der Waals surface area contributed by atoms with E-state index in [4.69, 9.17) is 4.43 Å². The van der Waals surface area contributed by atoms with Crippen LogP contribution >= 0.6 is 0 Å². The summed E-state index contributed by atoms with van der Waals surface area (Å²) in [6.45, 7) is 11.2. The minimum atomic E-state index is -0.262. The van der Waals surface area contributed by atoms with Crippen LogP contribution in [0.25, 0.3) is 5.76 Å². The quantitative estimate of drug-likeness (QED) is 0.616. The van der Waals surface area contributed by atoms with Crippen molar-refractivity contribution in [3.8, 4) is 0 Å². The minimum Gasteiger partial charge on any atom is -0.648 e. The van der Waals surface area contributed by atoms with Crippen molar-refractivity contribution >= 4 is 15.8 Å². The van der Waals surface area contributed by atoms with Crippen LogP contribution in [0, 0.1) is 5.92 Å². The molecule has 1 aromatic rings. The number of hydrogen-bond donors (Lipinski definition) is 0. The molecule has 0 spiro atoms. The highest BCUT2D eigenvalue weighted by Crippen LogP contribution is 2.26. The third kappa shape index (κ3) is 3.97. The molecule has 1 heterocycles. The minimum absolute atomic E-state index is 0.196. The molecule has 0 radical (unpaired) electrons. The lowest BCUT2D eigenvalue weighted by molar-refractivity contribution is 0.0399. The second-order valence-corrected chi connectivity index (χ2v) is 7.67. The standard InChI is InChI=1S/C17H26O2Si/c1-12(2)10-15-11-16(19-20-18-15)13-6-8-14(9-7-13)17(3,4)5/h6-9,11-12,15,18,20H,10H2,1-5H3. The molecule has 0 bridgehead atoms. The SMILES string of the molecule is CC(C)CC1C=C(c2ccc(C(C)(C)C)cc2)O[SiH-][OH+]1. The summed E-state index contributed by atoms with van der Waals surface area (Å²) in [5.41, 5.74) is 2.73. The van der Waals surface area contributed by atoms with E-state index in [1.807, 2.05) is 0 Å². The first-order valence-corrected chi connectivity index (χ1v) is 8.36. The first-order valence-electron chi connectivity index (χ1n) is 7.37. The van der Waals surface area contributed by atoms with Crippen molar-refractivity contribution in [2.45, 2.75) is 52.6 Å². The Hall–Kier alpha value is -1.06. The molecule has 1 atom stereocenters. The van der Waals surface area contributed by atoms with Gasteiger partial charge in [0.15, 0.2) is 0 Å². The maximum Gasteiger partial charge on any atom is 0.367 e. The maximum atomic E-state index is 5.78. The van der Waals surface area contributed by atoms with E-state index < -0.39 is 0 Å². The molecule has 1 aliphatic heterocycles. The normalized spacial score (nSPS) is 19.7.